The first-order chi connectivity index (χ1) is 10.1. The summed E-state index contributed by atoms with van der Waals surface area (Å²) >= 11 is 1.82. The van der Waals surface area contributed by atoms with E-state index < -0.39 is 44.7 Å². The second-order valence-corrected chi connectivity index (χ2v) is 6.90. The van der Waals surface area contributed by atoms with Gasteiger partial charge in [0.1, 0.15) is 24.1 Å². The zero-order chi connectivity index (χ0) is 16.7. The maximum Gasteiger partial charge on any atom is 0.469 e. The number of ether oxygens (including phenoxy) is 1. The normalized spacial score (nSPS) is 29.0. The Bertz CT molecular complexity index is 663. The summed E-state index contributed by atoms with van der Waals surface area (Å²) in [5.41, 5.74) is 4.68. The average Bonchev–Trinajstić information content (AvgIpc) is 2.68. The molecule has 1 aliphatic rings. The van der Waals surface area contributed by atoms with E-state index in [1.165, 1.54) is 6.20 Å². The topological polar surface area (TPSA) is 177 Å². The molecular formula is C9H13IN3O8P. The lowest BCUT2D eigenvalue weighted by molar-refractivity contribution is -0.0543. The molecule has 0 amide bonds. The maximum atomic E-state index is 11.8. The number of aliphatic hydroxyl groups excluding tert-OH is 2. The van der Waals surface area contributed by atoms with Gasteiger partial charge in [-0.25, -0.2) is 9.36 Å². The highest BCUT2D eigenvalue weighted by Gasteiger charge is 2.45. The molecule has 2 unspecified atom stereocenters. The van der Waals surface area contributed by atoms with E-state index in [2.05, 4.69) is 9.51 Å². The summed E-state index contributed by atoms with van der Waals surface area (Å²) in [6.45, 7) is -0.659. The number of aliphatic hydroxyl groups is 2. The number of hydrogen-bond donors (Lipinski definition) is 5. The van der Waals surface area contributed by atoms with Crippen LogP contribution in [0, 0.1) is 3.57 Å². The number of nitrogen functional groups attached to an aromatic ring is 1. The lowest BCUT2D eigenvalue weighted by atomic mass is 10.1. The number of halogens is 1. The van der Waals surface area contributed by atoms with Gasteiger partial charge in [0.15, 0.2) is 6.23 Å². The van der Waals surface area contributed by atoms with Crippen LogP contribution < -0.4 is 11.4 Å². The third-order valence-corrected chi connectivity index (χ3v) is 4.27. The minimum atomic E-state index is -4.75. The van der Waals surface area contributed by atoms with Crippen LogP contribution in [0.15, 0.2) is 11.0 Å². The zero-order valence-corrected chi connectivity index (χ0v) is 13.9. The van der Waals surface area contributed by atoms with Gasteiger partial charge in [0.2, 0.25) is 0 Å². The van der Waals surface area contributed by atoms with Crippen LogP contribution in [-0.2, 0) is 13.8 Å². The summed E-state index contributed by atoms with van der Waals surface area (Å²) < 4.78 is 21.5. The van der Waals surface area contributed by atoms with Crippen LogP contribution in [0.3, 0.4) is 0 Å². The van der Waals surface area contributed by atoms with E-state index in [1.807, 2.05) is 22.6 Å². The Balaban J connectivity index is 2.22. The van der Waals surface area contributed by atoms with Gasteiger partial charge in [-0.05, 0) is 22.6 Å². The largest absolute Gasteiger partial charge is 0.469 e. The number of anilines is 1. The van der Waals surface area contributed by atoms with Gasteiger partial charge in [-0.15, -0.1) is 0 Å². The summed E-state index contributed by atoms with van der Waals surface area (Å²) in [4.78, 5) is 32.6. The van der Waals surface area contributed by atoms with Crippen molar-refractivity contribution in [2.45, 2.75) is 24.5 Å². The predicted octanol–water partition coefficient (Wildman–Crippen LogP) is -1.84. The summed E-state index contributed by atoms with van der Waals surface area (Å²) in [5.74, 6) is 0.0104. The van der Waals surface area contributed by atoms with E-state index in [0.29, 0.717) is 3.57 Å². The quantitative estimate of drug-likeness (QED) is 0.259. The molecular weight excluding hydrogens is 436 g/mol. The first-order valence-electron chi connectivity index (χ1n) is 5.86. The SMILES string of the molecule is Nc1nc(=O)n([C@@H]2OC(COP(=O)(O)O)C(O)[C@H]2O)cc1I. The molecule has 13 heteroatoms. The van der Waals surface area contributed by atoms with Crippen LogP contribution >= 0.6 is 30.4 Å². The van der Waals surface area contributed by atoms with Crippen LogP contribution in [0.4, 0.5) is 5.82 Å². The first kappa shape index (κ1) is 17.7. The third-order valence-electron chi connectivity index (χ3n) is 2.95. The molecule has 2 rings (SSSR count). The van der Waals surface area contributed by atoms with E-state index in [1.54, 1.807) is 0 Å². The van der Waals surface area contributed by atoms with Crippen LogP contribution in [0.25, 0.3) is 0 Å². The van der Waals surface area contributed by atoms with Crippen molar-refractivity contribution >= 4 is 36.2 Å². The second kappa shape index (κ2) is 6.49. The maximum absolute atomic E-state index is 11.8. The molecule has 1 fully saturated rings. The van der Waals surface area contributed by atoms with E-state index in [-0.39, 0.29) is 5.82 Å². The molecule has 4 atom stereocenters. The summed E-state index contributed by atoms with van der Waals surface area (Å²) in [6, 6.07) is 0. The number of aromatic nitrogens is 2. The van der Waals surface area contributed by atoms with Crippen molar-refractivity contribution in [2.24, 2.45) is 0 Å². The molecule has 1 aliphatic heterocycles. The Morgan fingerprint density at radius 2 is 2.09 bits per heavy atom. The molecule has 0 bridgehead atoms. The Hall–Kier alpha value is -0.600. The number of rotatable bonds is 4. The smallest absolute Gasteiger partial charge is 0.387 e. The highest BCUT2D eigenvalue weighted by Crippen LogP contribution is 2.38. The zero-order valence-electron chi connectivity index (χ0n) is 10.8. The molecule has 0 radical (unpaired) electrons. The van der Waals surface area contributed by atoms with Gasteiger partial charge in [0, 0.05) is 6.20 Å². The second-order valence-electron chi connectivity index (χ2n) is 4.50. The molecule has 22 heavy (non-hydrogen) atoms. The summed E-state index contributed by atoms with van der Waals surface area (Å²) in [5, 5.41) is 19.8. The number of hydrogen-bond acceptors (Lipinski definition) is 8. The third kappa shape index (κ3) is 3.83. The van der Waals surface area contributed by atoms with Crippen molar-refractivity contribution in [3.8, 4) is 0 Å². The van der Waals surface area contributed by atoms with Crippen molar-refractivity contribution < 1.29 is 33.8 Å². The van der Waals surface area contributed by atoms with Crippen LogP contribution in [-0.4, -0.2) is 54.5 Å². The molecule has 0 saturated carbocycles. The Labute approximate surface area is 137 Å². The van der Waals surface area contributed by atoms with Crippen molar-refractivity contribution in [3.63, 3.8) is 0 Å². The number of nitrogens with zero attached hydrogens (tertiary/aromatic N) is 2. The fraction of sp³-hybridized carbons (Fsp3) is 0.556. The highest BCUT2D eigenvalue weighted by atomic mass is 127. The standard InChI is InChI=1S/C9H13IN3O8P/c10-3-1-13(9(16)12-7(3)11)8-6(15)5(14)4(21-8)2-20-22(17,18)19/h1,4-6,8,14-15H,2H2,(H2,11,12,16)(H2,17,18,19)/t4?,5?,6-,8-/m1/s1. The van der Waals surface area contributed by atoms with Crippen molar-refractivity contribution in [3.05, 3.63) is 20.3 Å². The summed E-state index contributed by atoms with van der Waals surface area (Å²) in [6.07, 6.45) is -4.23. The molecule has 0 spiro atoms. The van der Waals surface area contributed by atoms with Gasteiger partial charge in [0.25, 0.3) is 0 Å². The molecule has 1 aromatic heterocycles. The lowest BCUT2D eigenvalue weighted by Crippen LogP contribution is -2.36. The molecule has 2 heterocycles. The number of phosphoric ester groups is 1. The monoisotopic (exact) mass is 449 g/mol. The van der Waals surface area contributed by atoms with Crippen molar-refractivity contribution in [2.75, 3.05) is 12.3 Å². The lowest BCUT2D eigenvalue weighted by Gasteiger charge is -2.17. The average molecular weight is 449 g/mol. The predicted molar refractivity (Wildman–Crippen MR) is 79.5 cm³/mol. The molecule has 1 aromatic rings. The van der Waals surface area contributed by atoms with Gasteiger partial charge >= 0.3 is 13.5 Å². The first-order valence-corrected chi connectivity index (χ1v) is 8.47. The number of phosphoric acid groups is 1. The summed E-state index contributed by atoms with van der Waals surface area (Å²) in [7, 11) is -4.75. The fourth-order valence-electron chi connectivity index (χ4n) is 1.91. The van der Waals surface area contributed by atoms with Crippen molar-refractivity contribution in [1.82, 2.24) is 9.55 Å². The van der Waals surface area contributed by atoms with Crippen LogP contribution in [0.2, 0.25) is 0 Å². The van der Waals surface area contributed by atoms with E-state index in [4.69, 9.17) is 20.3 Å². The molecule has 1 saturated heterocycles. The minimum Gasteiger partial charge on any atom is -0.387 e. The van der Waals surface area contributed by atoms with Gasteiger partial charge in [-0.3, -0.25) is 9.09 Å². The van der Waals surface area contributed by atoms with E-state index >= 15 is 0 Å². The molecule has 0 aliphatic carbocycles. The van der Waals surface area contributed by atoms with Crippen LogP contribution in [0.1, 0.15) is 6.23 Å². The molecule has 11 nitrogen and oxygen atoms in total. The van der Waals surface area contributed by atoms with Crippen molar-refractivity contribution in [1.29, 1.82) is 0 Å². The molecule has 6 N–H and O–H groups in total. The fourth-order valence-corrected chi connectivity index (χ4v) is 2.67. The molecule has 124 valence electrons. The van der Waals surface area contributed by atoms with Gasteiger partial charge in [0.05, 0.1) is 10.2 Å². The Morgan fingerprint density at radius 3 is 2.68 bits per heavy atom. The Morgan fingerprint density at radius 1 is 1.45 bits per heavy atom. The van der Waals surface area contributed by atoms with Gasteiger partial charge in [-0.1, -0.05) is 0 Å². The highest BCUT2D eigenvalue weighted by molar-refractivity contribution is 14.1. The Kier molecular flexibility index (Phi) is 5.23. The van der Waals surface area contributed by atoms with E-state index in [9.17, 15) is 19.6 Å². The van der Waals surface area contributed by atoms with Crippen LogP contribution in [0.5, 0.6) is 0 Å². The minimum absolute atomic E-state index is 0.0104. The molecule has 0 aromatic carbocycles. The van der Waals surface area contributed by atoms with Gasteiger partial charge < -0.3 is 30.5 Å². The van der Waals surface area contributed by atoms with Gasteiger partial charge in [-0.2, -0.15) is 4.98 Å². The van der Waals surface area contributed by atoms with E-state index in [0.717, 1.165) is 4.57 Å². The number of nitrogens with two attached hydrogens (primary N) is 1.